The SMILES string of the molecule is CCC/C(C#N)=C(/Cl)c1c(F)cccc1Br. The summed E-state index contributed by atoms with van der Waals surface area (Å²) in [7, 11) is 0. The summed E-state index contributed by atoms with van der Waals surface area (Å²) in [6, 6.07) is 6.62. The Bertz CT molecular complexity index is 442. The van der Waals surface area contributed by atoms with E-state index in [2.05, 4.69) is 15.9 Å². The van der Waals surface area contributed by atoms with Gasteiger partial charge in [-0.15, -0.1) is 0 Å². The minimum atomic E-state index is -0.428. The second kappa shape index (κ2) is 6.03. The molecule has 0 aliphatic carbocycles. The molecule has 0 atom stereocenters. The third-order valence-electron chi connectivity index (χ3n) is 2.08. The fourth-order valence-electron chi connectivity index (χ4n) is 1.32. The first-order valence-electron chi connectivity index (χ1n) is 4.85. The molecule has 84 valence electrons. The van der Waals surface area contributed by atoms with E-state index >= 15 is 0 Å². The van der Waals surface area contributed by atoms with E-state index in [1.54, 1.807) is 12.1 Å². The molecule has 0 heterocycles. The minimum Gasteiger partial charge on any atom is -0.206 e. The lowest BCUT2D eigenvalue weighted by molar-refractivity contribution is 0.623. The highest BCUT2D eigenvalue weighted by molar-refractivity contribution is 9.10. The van der Waals surface area contributed by atoms with E-state index in [-0.39, 0.29) is 10.6 Å². The molecule has 0 saturated carbocycles. The molecular formula is C12H10BrClFN. The highest BCUT2D eigenvalue weighted by Crippen LogP contribution is 2.33. The molecule has 1 nitrogen and oxygen atoms in total. The summed E-state index contributed by atoms with van der Waals surface area (Å²) in [6.45, 7) is 1.94. The highest BCUT2D eigenvalue weighted by Gasteiger charge is 2.14. The Kier molecular flexibility index (Phi) is 4.98. The second-order valence-electron chi connectivity index (χ2n) is 3.25. The van der Waals surface area contributed by atoms with Gasteiger partial charge >= 0.3 is 0 Å². The van der Waals surface area contributed by atoms with Crippen molar-refractivity contribution >= 4 is 32.6 Å². The highest BCUT2D eigenvalue weighted by atomic mass is 79.9. The third kappa shape index (κ3) is 2.84. The monoisotopic (exact) mass is 301 g/mol. The molecule has 0 spiro atoms. The molecule has 0 aliphatic heterocycles. The molecule has 0 N–H and O–H groups in total. The summed E-state index contributed by atoms with van der Waals surface area (Å²) in [5.41, 5.74) is 0.670. The largest absolute Gasteiger partial charge is 0.206 e. The molecule has 0 unspecified atom stereocenters. The Labute approximate surface area is 108 Å². The Morgan fingerprint density at radius 3 is 2.75 bits per heavy atom. The lowest BCUT2D eigenvalue weighted by atomic mass is 10.1. The lowest BCUT2D eigenvalue weighted by Crippen LogP contribution is -1.91. The van der Waals surface area contributed by atoms with Crippen LogP contribution in [0.1, 0.15) is 25.3 Å². The van der Waals surface area contributed by atoms with Gasteiger partial charge in [-0.05, 0) is 18.6 Å². The zero-order chi connectivity index (χ0) is 12.1. The van der Waals surface area contributed by atoms with Gasteiger partial charge in [0, 0.05) is 15.6 Å². The van der Waals surface area contributed by atoms with Crippen molar-refractivity contribution in [1.82, 2.24) is 0 Å². The smallest absolute Gasteiger partial charge is 0.133 e. The Morgan fingerprint density at radius 1 is 1.56 bits per heavy atom. The molecule has 1 aromatic rings. The van der Waals surface area contributed by atoms with Crippen molar-refractivity contribution in [3.63, 3.8) is 0 Å². The summed E-state index contributed by atoms with van der Waals surface area (Å²) >= 11 is 9.28. The fourth-order valence-corrected chi connectivity index (χ4v) is 2.31. The molecule has 0 radical (unpaired) electrons. The van der Waals surface area contributed by atoms with Crippen LogP contribution in [0.25, 0.3) is 5.03 Å². The van der Waals surface area contributed by atoms with Crippen LogP contribution in [0, 0.1) is 17.1 Å². The number of halogens is 3. The summed E-state index contributed by atoms with van der Waals surface area (Å²) in [4.78, 5) is 0. The predicted octanol–water partition coefficient (Wildman–Crippen LogP) is 4.86. The normalized spacial score (nSPS) is 11.9. The molecule has 4 heteroatoms. The molecule has 0 aromatic heterocycles. The number of nitriles is 1. The fraction of sp³-hybridized carbons (Fsp3) is 0.250. The van der Waals surface area contributed by atoms with Gasteiger partial charge in [0.05, 0.1) is 11.1 Å². The molecule has 0 amide bonds. The average Bonchev–Trinajstić information content (AvgIpc) is 2.25. The van der Waals surface area contributed by atoms with Crippen LogP contribution in [0.3, 0.4) is 0 Å². The standard InChI is InChI=1S/C12H10BrClFN/c1-2-4-8(7-16)12(14)11-9(13)5-3-6-10(11)15/h3,5-6H,2,4H2,1H3/b12-8-. The molecule has 16 heavy (non-hydrogen) atoms. The molecule has 1 aromatic carbocycles. The van der Waals surface area contributed by atoms with Crippen molar-refractivity contribution < 1.29 is 4.39 Å². The van der Waals surface area contributed by atoms with E-state index < -0.39 is 5.82 Å². The molecule has 1 rings (SSSR count). The van der Waals surface area contributed by atoms with Crippen molar-refractivity contribution in [2.45, 2.75) is 19.8 Å². The third-order valence-corrected chi connectivity index (χ3v) is 3.16. The number of rotatable bonds is 3. The van der Waals surface area contributed by atoms with Gasteiger partial charge in [-0.2, -0.15) is 5.26 Å². The predicted molar refractivity (Wildman–Crippen MR) is 67.4 cm³/mol. The van der Waals surface area contributed by atoms with Crippen LogP contribution >= 0.6 is 27.5 Å². The molecule has 0 fully saturated rings. The first-order valence-corrected chi connectivity index (χ1v) is 6.02. The van der Waals surface area contributed by atoms with E-state index in [0.717, 1.165) is 6.42 Å². The lowest BCUT2D eigenvalue weighted by Gasteiger charge is -2.06. The first-order chi connectivity index (χ1) is 7.61. The van der Waals surface area contributed by atoms with Crippen LogP contribution in [0.2, 0.25) is 0 Å². The van der Waals surface area contributed by atoms with Gasteiger partial charge in [0.1, 0.15) is 5.82 Å². The number of hydrogen-bond acceptors (Lipinski definition) is 1. The maximum Gasteiger partial charge on any atom is 0.133 e. The van der Waals surface area contributed by atoms with Crippen LogP contribution in [0.4, 0.5) is 4.39 Å². The molecule has 0 saturated heterocycles. The van der Waals surface area contributed by atoms with Gasteiger partial charge in [-0.25, -0.2) is 4.39 Å². The molecular weight excluding hydrogens is 292 g/mol. The number of hydrogen-bond donors (Lipinski definition) is 0. The van der Waals surface area contributed by atoms with Crippen molar-refractivity contribution in [2.24, 2.45) is 0 Å². The summed E-state index contributed by atoms with van der Waals surface area (Å²) < 4.78 is 14.1. The number of benzene rings is 1. The average molecular weight is 303 g/mol. The van der Waals surface area contributed by atoms with Gasteiger partial charge < -0.3 is 0 Å². The quantitative estimate of drug-likeness (QED) is 0.731. The Balaban J connectivity index is 3.33. The van der Waals surface area contributed by atoms with Crippen LogP contribution < -0.4 is 0 Å². The van der Waals surface area contributed by atoms with Crippen LogP contribution in [0.15, 0.2) is 28.2 Å². The number of allylic oxidation sites excluding steroid dienone is 1. The zero-order valence-electron chi connectivity index (χ0n) is 8.73. The second-order valence-corrected chi connectivity index (χ2v) is 4.48. The van der Waals surface area contributed by atoms with E-state index in [0.29, 0.717) is 16.5 Å². The van der Waals surface area contributed by atoms with E-state index in [4.69, 9.17) is 16.9 Å². The summed E-state index contributed by atoms with van der Waals surface area (Å²) in [5.74, 6) is -0.428. The molecule has 0 aliphatic rings. The van der Waals surface area contributed by atoms with Crippen LogP contribution in [0.5, 0.6) is 0 Å². The van der Waals surface area contributed by atoms with E-state index in [1.807, 2.05) is 13.0 Å². The molecule has 0 bridgehead atoms. The van der Waals surface area contributed by atoms with Gasteiger partial charge in [0.25, 0.3) is 0 Å². The van der Waals surface area contributed by atoms with Gasteiger partial charge in [-0.1, -0.05) is 46.9 Å². The van der Waals surface area contributed by atoms with Crippen LogP contribution in [-0.4, -0.2) is 0 Å². The summed E-state index contributed by atoms with van der Waals surface area (Å²) in [5, 5.41) is 9.13. The van der Waals surface area contributed by atoms with Gasteiger partial charge in [0.15, 0.2) is 0 Å². The Hall–Kier alpha value is -0.850. The zero-order valence-corrected chi connectivity index (χ0v) is 11.1. The maximum atomic E-state index is 13.6. The van der Waals surface area contributed by atoms with Crippen molar-refractivity contribution in [3.8, 4) is 6.07 Å². The van der Waals surface area contributed by atoms with Crippen LogP contribution in [-0.2, 0) is 0 Å². The van der Waals surface area contributed by atoms with Gasteiger partial charge in [-0.3, -0.25) is 0 Å². The minimum absolute atomic E-state index is 0.189. The van der Waals surface area contributed by atoms with Crippen molar-refractivity contribution in [2.75, 3.05) is 0 Å². The maximum absolute atomic E-state index is 13.6. The van der Waals surface area contributed by atoms with E-state index in [9.17, 15) is 4.39 Å². The summed E-state index contributed by atoms with van der Waals surface area (Å²) in [6.07, 6.45) is 1.35. The first kappa shape index (κ1) is 13.2. The topological polar surface area (TPSA) is 23.8 Å². The van der Waals surface area contributed by atoms with E-state index in [1.165, 1.54) is 6.07 Å². The van der Waals surface area contributed by atoms with Gasteiger partial charge in [0.2, 0.25) is 0 Å². The van der Waals surface area contributed by atoms with Crippen molar-refractivity contribution in [1.29, 1.82) is 5.26 Å². The number of nitrogens with zero attached hydrogens (tertiary/aromatic N) is 1. The Morgan fingerprint density at radius 2 is 2.25 bits per heavy atom. The van der Waals surface area contributed by atoms with Crippen molar-refractivity contribution in [3.05, 3.63) is 39.6 Å².